The van der Waals surface area contributed by atoms with Crippen molar-refractivity contribution in [2.45, 2.75) is 12.8 Å². The average molecular weight is 494 g/mol. The molecule has 0 amide bonds. The molecule has 0 saturated heterocycles. The molecule has 3 rings (SSSR count). The smallest absolute Gasteiger partial charge is 0.780 e. The largest absolute Gasteiger partial charge is 1.00 e. The Bertz CT molecular complexity index is 1100. The van der Waals surface area contributed by atoms with Gasteiger partial charge in [-0.2, -0.15) is 0 Å². The van der Waals surface area contributed by atoms with Crippen molar-refractivity contribution in [3.8, 4) is 28.7 Å². The summed E-state index contributed by atoms with van der Waals surface area (Å²) in [6.07, 6.45) is 2.09. The Morgan fingerprint density at radius 2 is 1.45 bits per heavy atom. The summed E-state index contributed by atoms with van der Waals surface area (Å²) < 4.78 is 37.3. The fourth-order valence-electron chi connectivity index (χ4n) is 3.54. The topological polar surface area (TPSA) is 126 Å². The van der Waals surface area contributed by atoms with E-state index in [1.165, 1.54) is 46.6 Å². The predicted molar refractivity (Wildman–Crippen MR) is 108 cm³/mol. The number of phosphoric acid groups is 1. The minimum atomic E-state index is -5.33. The zero-order valence-corrected chi connectivity index (χ0v) is 24.3. The first-order chi connectivity index (χ1) is 14.7. The molecule has 9 nitrogen and oxygen atoms in total. The predicted octanol–water partition coefficient (Wildman–Crippen LogP) is -4.12. The molecule has 0 radical (unpaired) electrons. The van der Waals surface area contributed by atoms with Crippen molar-refractivity contribution in [1.82, 2.24) is 0 Å². The van der Waals surface area contributed by atoms with E-state index in [2.05, 4.69) is 4.52 Å². The summed E-state index contributed by atoms with van der Waals surface area (Å²) in [5.74, 6) is 0.872. The molecule has 0 aliphatic heterocycles. The maximum Gasteiger partial charge on any atom is 1.00 e. The first kappa shape index (κ1) is 30.0. The number of hydrogen-bond acceptors (Lipinski definition) is 9. The van der Waals surface area contributed by atoms with Crippen LogP contribution in [-0.2, 0) is 15.8 Å². The number of fused-ring (bicyclic) bond motifs is 1. The molecule has 12 heteroatoms. The zero-order valence-electron chi connectivity index (χ0n) is 19.4. The second kappa shape index (κ2) is 12.6. The number of ether oxygens (including phenoxy) is 4. The summed E-state index contributed by atoms with van der Waals surface area (Å²) >= 11 is 0. The Balaban J connectivity index is 0.00000272. The van der Waals surface area contributed by atoms with Crippen molar-refractivity contribution in [3.63, 3.8) is 0 Å². The minimum absolute atomic E-state index is 0. The van der Waals surface area contributed by atoms with Gasteiger partial charge in [-0.3, -0.25) is 4.79 Å². The van der Waals surface area contributed by atoms with Gasteiger partial charge in [0.1, 0.15) is 7.82 Å². The van der Waals surface area contributed by atoms with E-state index in [1.54, 1.807) is 12.1 Å². The Morgan fingerprint density at radius 1 is 0.818 bits per heavy atom. The molecule has 33 heavy (non-hydrogen) atoms. The molecule has 1 aliphatic rings. The number of hydrogen-bond donors (Lipinski definition) is 0. The summed E-state index contributed by atoms with van der Waals surface area (Å²) in [7, 11) is 0.442. The van der Waals surface area contributed by atoms with Crippen molar-refractivity contribution < 1.29 is 102 Å². The van der Waals surface area contributed by atoms with E-state index in [0.29, 0.717) is 40.4 Å². The van der Waals surface area contributed by atoms with Crippen LogP contribution in [0.2, 0.25) is 0 Å². The molecule has 0 fully saturated rings. The molecule has 0 spiro atoms. The van der Waals surface area contributed by atoms with E-state index < -0.39 is 7.82 Å². The molecule has 166 valence electrons. The molecule has 0 heterocycles. The summed E-state index contributed by atoms with van der Waals surface area (Å²) in [5, 5.41) is 0. The van der Waals surface area contributed by atoms with Crippen LogP contribution in [0, 0.1) is 0 Å². The third-order valence-electron chi connectivity index (χ3n) is 4.83. The number of allylic oxidation sites excluding steroid dienone is 1. The molecule has 0 atom stereocenters. The number of rotatable bonds is 7. The Kier molecular flexibility index (Phi) is 11.5. The van der Waals surface area contributed by atoms with Crippen LogP contribution in [0.4, 0.5) is 0 Å². The summed E-state index contributed by atoms with van der Waals surface area (Å²) in [6, 6.07) is 6.13. The van der Waals surface area contributed by atoms with Crippen molar-refractivity contribution in [2.75, 3.05) is 28.4 Å². The summed E-state index contributed by atoms with van der Waals surface area (Å²) in [6.45, 7) is 0. The number of methoxy groups -OCH3 is 4. The van der Waals surface area contributed by atoms with E-state index in [4.69, 9.17) is 18.9 Å². The number of carbonyl (C=O) groups is 1. The van der Waals surface area contributed by atoms with Gasteiger partial charge in [-0.25, -0.2) is 0 Å². The maximum atomic E-state index is 12.5. The second-order valence-corrected chi connectivity index (χ2v) is 7.68. The molecule has 0 unspecified atom stereocenters. The molecule has 0 aromatic heterocycles. The maximum absolute atomic E-state index is 12.5. The number of phosphoric ester groups is 1. The number of benzene rings is 2. The zero-order chi connectivity index (χ0) is 22.8. The Hall–Kier alpha value is -1.00. The van der Waals surface area contributed by atoms with E-state index in [9.17, 15) is 19.1 Å². The molecular formula is C21H21Na2O9P. The summed E-state index contributed by atoms with van der Waals surface area (Å²) in [5.41, 5.74) is 2.30. The van der Waals surface area contributed by atoms with Crippen molar-refractivity contribution in [1.29, 1.82) is 0 Å². The SMILES string of the molecule is COc1ccc(C2=CC(=O)CCc3c2cc(OC)c(OC)c3OC)cc1OP(=O)([O-])[O-].[Na+].[Na+]. The van der Waals surface area contributed by atoms with E-state index in [0.717, 1.165) is 5.56 Å². The van der Waals surface area contributed by atoms with Gasteiger partial charge in [0.2, 0.25) is 5.75 Å². The third kappa shape index (κ3) is 6.78. The van der Waals surface area contributed by atoms with Gasteiger partial charge in [0.25, 0.3) is 0 Å². The average Bonchev–Trinajstić information content (AvgIpc) is 2.89. The van der Waals surface area contributed by atoms with Gasteiger partial charge < -0.3 is 37.8 Å². The van der Waals surface area contributed by atoms with Gasteiger partial charge in [-0.1, -0.05) is 6.07 Å². The van der Waals surface area contributed by atoms with Crippen LogP contribution in [-0.4, -0.2) is 34.2 Å². The van der Waals surface area contributed by atoms with E-state index >= 15 is 0 Å². The van der Waals surface area contributed by atoms with Crippen LogP contribution in [0.3, 0.4) is 0 Å². The van der Waals surface area contributed by atoms with Gasteiger partial charge in [-0.05, 0) is 47.4 Å². The minimum Gasteiger partial charge on any atom is -0.780 e. The van der Waals surface area contributed by atoms with E-state index in [-0.39, 0.29) is 82.8 Å². The van der Waals surface area contributed by atoms with Crippen LogP contribution in [0.1, 0.15) is 23.1 Å². The van der Waals surface area contributed by atoms with Crippen molar-refractivity contribution in [2.24, 2.45) is 0 Å². The number of carbonyl (C=O) groups excluding carboxylic acids is 1. The fourth-order valence-corrected chi connectivity index (χ4v) is 3.92. The van der Waals surface area contributed by atoms with Gasteiger partial charge in [0.05, 0.1) is 28.4 Å². The van der Waals surface area contributed by atoms with Crippen LogP contribution in [0.25, 0.3) is 5.57 Å². The first-order valence-corrected chi connectivity index (χ1v) is 10.6. The quantitative estimate of drug-likeness (QED) is 0.279. The van der Waals surface area contributed by atoms with Crippen molar-refractivity contribution >= 4 is 19.2 Å². The molecule has 0 N–H and O–H groups in total. The van der Waals surface area contributed by atoms with Gasteiger partial charge in [-0.15, -0.1) is 0 Å². The van der Waals surface area contributed by atoms with E-state index in [1.807, 2.05) is 0 Å². The normalized spacial score (nSPS) is 12.8. The number of ketones is 1. The van der Waals surface area contributed by atoms with Crippen LogP contribution in [0.5, 0.6) is 28.7 Å². The standard InChI is InChI=1S/C21H23O9P.2Na/c1-26-17-8-5-12(9-18(17)30-31(23,24)25)15-10-13(22)6-7-14-16(15)11-19(27-2)21(29-4)20(14)28-3;;/h5,8-11H,6-7H2,1-4H3,(H2,23,24,25);;/q;2*+1/p-2. The summed E-state index contributed by atoms with van der Waals surface area (Å²) in [4.78, 5) is 34.9. The van der Waals surface area contributed by atoms with Gasteiger partial charge >= 0.3 is 59.1 Å². The van der Waals surface area contributed by atoms with Crippen LogP contribution >= 0.6 is 7.82 Å². The van der Waals surface area contributed by atoms with Crippen LogP contribution < -0.4 is 92.4 Å². The monoisotopic (exact) mass is 494 g/mol. The third-order valence-corrected chi connectivity index (χ3v) is 5.25. The molecule has 2 aromatic rings. The second-order valence-electron chi connectivity index (χ2n) is 6.60. The van der Waals surface area contributed by atoms with Crippen LogP contribution in [0.15, 0.2) is 30.3 Å². The van der Waals surface area contributed by atoms with Gasteiger partial charge in [0, 0.05) is 12.0 Å². The molecule has 2 aromatic carbocycles. The Labute approximate surface area is 236 Å². The molecule has 1 aliphatic carbocycles. The fraction of sp³-hybridized carbons (Fsp3) is 0.286. The first-order valence-electron chi connectivity index (χ1n) is 9.19. The molecule has 0 bridgehead atoms. The van der Waals surface area contributed by atoms with Crippen molar-refractivity contribution in [3.05, 3.63) is 47.0 Å². The molecular weight excluding hydrogens is 473 g/mol. The Morgan fingerprint density at radius 3 is 2.00 bits per heavy atom. The van der Waals surface area contributed by atoms with Gasteiger partial charge in [0.15, 0.2) is 28.8 Å². The molecule has 0 saturated carbocycles.